The van der Waals surface area contributed by atoms with E-state index >= 15 is 0 Å². The van der Waals surface area contributed by atoms with Crippen LogP contribution in [0.3, 0.4) is 0 Å². The van der Waals surface area contributed by atoms with Gasteiger partial charge in [0.2, 0.25) is 0 Å². The summed E-state index contributed by atoms with van der Waals surface area (Å²) in [5, 5.41) is 2.93. The fourth-order valence-electron chi connectivity index (χ4n) is 2.65. The van der Waals surface area contributed by atoms with Crippen LogP contribution < -0.4 is 5.32 Å². The Kier molecular flexibility index (Phi) is 4.42. The Bertz CT molecular complexity index is 884. The number of nitrogens with zero attached hydrogens (tertiary/aromatic N) is 1. The van der Waals surface area contributed by atoms with Gasteiger partial charge in [0.05, 0.1) is 6.04 Å². The fourth-order valence-corrected chi connectivity index (χ4v) is 2.65. The lowest BCUT2D eigenvalue weighted by Gasteiger charge is -2.18. The van der Waals surface area contributed by atoms with Crippen molar-refractivity contribution in [1.29, 1.82) is 0 Å². The average molecular weight is 322 g/mol. The van der Waals surface area contributed by atoms with Gasteiger partial charge in [0.15, 0.2) is 11.5 Å². The van der Waals surface area contributed by atoms with Gasteiger partial charge in [-0.25, -0.2) is 4.98 Å². The number of aromatic nitrogens is 1. The number of carbonyl (C=O) groups is 2. The Balaban J connectivity index is 1.84. The van der Waals surface area contributed by atoms with Gasteiger partial charge in [0, 0.05) is 18.9 Å². The van der Waals surface area contributed by atoms with Crippen molar-refractivity contribution in [2.24, 2.45) is 0 Å². The number of aryl methyl sites for hydroxylation is 1. The topological polar surface area (TPSA) is 72.2 Å². The van der Waals surface area contributed by atoms with Crippen molar-refractivity contribution in [3.8, 4) is 0 Å². The van der Waals surface area contributed by atoms with Gasteiger partial charge in [0.1, 0.15) is 11.3 Å². The van der Waals surface area contributed by atoms with E-state index in [0.717, 1.165) is 5.56 Å². The molecule has 5 nitrogen and oxygen atoms in total. The molecular formula is C19H18N2O3. The van der Waals surface area contributed by atoms with E-state index in [-0.39, 0.29) is 24.2 Å². The predicted octanol–water partition coefficient (Wildman–Crippen LogP) is 3.59. The normalized spacial score (nSPS) is 12.1. The molecule has 1 heterocycles. The molecule has 0 spiro atoms. The number of oxazole rings is 1. The van der Waals surface area contributed by atoms with Crippen molar-refractivity contribution in [3.63, 3.8) is 0 Å². The minimum atomic E-state index is -0.356. The minimum Gasteiger partial charge on any atom is -0.441 e. The van der Waals surface area contributed by atoms with Gasteiger partial charge in [-0.1, -0.05) is 30.3 Å². The average Bonchev–Trinajstić information content (AvgIpc) is 2.93. The second-order valence-corrected chi connectivity index (χ2v) is 5.76. The summed E-state index contributed by atoms with van der Waals surface area (Å²) in [7, 11) is 0. The highest BCUT2D eigenvalue weighted by atomic mass is 16.3. The first-order valence-electron chi connectivity index (χ1n) is 7.75. The Labute approximate surface area is 139 Å². The molecule has 0 aliphatic heterocycles. The zero-order valence-electron chi connectivity index (χ0n) is 13.6. The van der Waals surface area contributed by atoms with Crippen LogP contribution >= 0.6 is 0 Å². The maximum Gasteiger partial charge on any atom is 0.251 e. The third-order valence-corrected chi connectivity index (χ3v) is 3.76. The molecule has 3 rings (SSSR count). The smallest absolute Gasteiger partial charge is 0.251 e. The van der Waals surface area contributed by atoms with E-state index in [4.69, 9.17) is 4.42 Å². The number of carbonyl (C=O) groups excluding carboxylic acids is 2. The van der Waals surface area contributed by atoms with E-state index in [2.05, 4.69) is 10.3 Å². The van der Waals surface area contributed by atoms with Gasteiger partial charge in [-0.05, 0) is 30.7 Å². The highest BCUT2D eigenvalue weighted by Gasteiger charge is 2.18. The van der Waals surface area contributed by atoms with E-state index in [1.54, 1.807) is 25.1 Å². The molecule has 0 saturated carbocycles. The Morgan fingerprint density at radius 2 is 1.92 bits per heavy atom. The summed E-state index contributed by atoms with van der Waals surface area (Å²) in [6.45, 7) is 3.28. The molecule has 2 aromatic carbocycles. The van der Waals surface area contributed by atoms with Gasteiger partial charge >= 0.3 is 0 Å². The molecule has 3 aromatic rings. The number of nitrogens with one attached hydrogen (secondary N) is 1. The largest absolute Gasteiger partial charge is 0.441 e. The Morgan fingerprint density at radius 1 is 1.17 bits per heavy atom. The van der Waals surface area contributed by atoms with Crippen LogP contribution in [-0.4, -0.2) is 16.7 Å². The summed E-state index contributed by atoms with van der Waals surface area (Å²) in [4.78, 5) is 28.4. The highest BCUT2D eigenvalue weighted by Crippen LogP contribution is 2.20. The zero-order chi connectivity index (χ0) is 17.1. The van der Waals surface area contributed by atoms with Crippen LogP contribution in [0.1, 0.15) is 41.2 Å². The number of benzene rings is 2. The molecule has 1 atom stereocenters. The first-order valence-corrected chi connectivity index (χ1v) is 7.75. The molecule has 0 aliphatic rings. The standard InChI is InChI=1S/C19H18N2O3/c1-12(22)10-16(14-6-4-3-5-7-14)21-19(23)15-8-9-18-17(11-15)20-13(2)24-18/h3-9,11,16H,10H2,1-2H3,(H,21,23)/t16-/m0/s1. The third-order valence-electron chi connectivity index (χ3n) is 3.76. The minimum absolute atomic E-state index is 0.0201. The van der Waals surface area contributed by atoms with Crippen LogP contribution in [0.4, 0.5) is 0 Å². The number of amides is 1. The Morgan fingerprint density at radius 3 is 2.62 bits per heavy atom. The van der Waals surface area contributed by atoms with Crippen LogP contribution in [-0.2, 0) is 4.79 Å². The molecule has 24 heavy (non-hydrogen) atoms. The van der Waals surface area contributed by atoms with Crippen molar-refractivity contribution in [2.75, 3.05) is 0 Å². The lowest BCUT2D eigenvalue weighted by molar-refractivity contribution is -0.117. The molecule has 122 valence electrons. The van der Waals surface area contributed by atoms with Crippen LogP contribution in [0.5, 0.6) is 0 Å². The number of ketones is 1. The molecule has 0 aliphatic carbocycles. The molecule has 5 heteroatoms. The lowest BCUT2D eigenvalue weighted by Crippen LogP contribution is -2.29. The number of hydrogen-bond acceptors (Lipinski definition) is 4. The monoisotopic (exact) mass is 322 g/mol. The van der Waals surface area contributed by atoms with Crippen LogP contribution in [0, 0.1) is 6.92 Å². The second-order valence-electron chi connectivity index (χ2n) is 5.76. The van der Waals surface area contributed by atoms with E-state index in [0.29, 0.717) is 22.6 Å². The molecule has 0 radical (unpaired) electrons. The lowest BCUT2D eigenvalue weighted by atomic mass is 10.0. The van der Waals surface area contributed by atoms with Crippen molar-refractivity contribution >= 4 is 22.8 Å². The first kappa shape index (κ1) is 15.9. The maximum absolute atomic E-state index is 12.6. The van der Waals surface area contributed by atoms with Crippen molar-refractivity contribution in [2.45, 2.75) is 26.3 Å². The van der Waals surface area contributed by atoms with Crippen LogP contribution in [0.15, 0.2) is 52.9 Å². The summed E-state index contributed by atoms with van der Waals surface area (Å²) < 4.78 is 5.42. The van der Waals surface area contributed by atoms with Gasteiger partial charge in [-0.15, -0.1) is 0 Å². The van der Waals surface area contributed by atoms with Crippen molar-refractivity contribution < 1.29 is 14.0 Å². The molecular weight excluding hydrogens is 304 g/mol. The molecule has 0 fully saturated rings. The summed E-state index contributed by atoms with van der Waals surface area (Å²) in [5.41, 5.74) is 2.68. The Hall–Kier alpha value is -2.95. The molecule has 1 amide bonds. The summed E-state index contributed by atoms with van der Waals surface area (Å²) in [6.07, 6.45) is 0.251. The number of fused-ring (bicyclic) bond motifs is 1. The predicted molar refractivity (Wildman–Crippen MR) is 90.7 cm³/mol. The van der Waals surface area contributed by atoms with E-state index in [1.807, 2.05) is 30.3 Å². The fraction of sp³-hybridized carbons (Fsp3) is 0.211. The number of Topliss-reactive ketones (excluding diaryl/α,β-unsaturated/α-hetero) is 1. The number of hydrogen-bond donors (Lipinski definition) is 1. The van der Waals surface area contributed by atoms with Crippen LogP contribution in [0.2, 0.25) is 0 Å². The van der Waals surface area contributed by atoms with Crippen LogP contribution in [0.25, 0.3) is 11.1 Å². The highest BCUT2D eigenvalue weighted by molar-refractivity contribution is 5.97. The summed E-state index contributed by atoms with van der Waals surface area (Å²) >= 11 is 0. The van der Waals surface area contributed by atoms with Gasteiger partial charge < -0.3 is 9.73 Å². The quantitative estimate of drug-likeness (QED) is 0.779. The molecule has 0 bridgehead atoms. The number of rotatable bonds is 5. The zero-order valence-corrected chi connectivity index (χ0v) is 13.6. The third kappa shape index (κ3) is 3.51. The van der Waals surface area contributed by atoms with E-state index < -0.39 is 0 Å². The molecule has 1 N–H and O–H groups in total. The van der Waals surface area contributed by atoms with Crippen molar-refractivity contribution in [3.05, 3.63) is 65.5 Å². The van der Waals surface area contributed by atoms with E-state index in [1.165, 1.54) is 6.92 Å². The summed E-state index contributed by atoms with van der Waals surface area (Å²) in [5.74, 6) is 0.334. The van der Waals surface area contributed by atoms with Gasteiger partial charge in [0.25, 0.3) is 5.91 Å². The van der Waals surface area contributed by atoms with Crippen molar-refractivity contribution in [1.82, 2.24) is 10.3 Å². The molecule has 0 saturated heterocycles. The SMILES string of the molecule is CC(=O)C[C@H](NC(=O)c1ccc2oc(C)nc2c1)c1ccccc1. The maximum atomic E-state index is 12.6. The second kappa shape index (κ2) is 6.66. The van der Waals surface area contributed by atoms with Gasteiger partial charge in [-0.2, -0.15) is 0 Å². The van der Waals surface area contributed by atoms with Gasteiger partial charge in [-0.3, -0.25) is 9.59 Å². The summed E-state index contributed by atoms with van der Waals surface area (Å²) in [6, 6.07) is 14.2. The first-order chi connectivity index (χ1) is 11.5. The van der Waals surface area contributed by atoms with E-state index in [9.17, 15) is 9.59 Å². The molecule has 0 unspecified atom stereocenters. The molecule has 1 aromatic heterocycles.